The average Bonchev–Trinajstić information content (AvgIpc) is 3.05. The van der Waals surface area contributed by atoms with Crippen LogP contribution >= 0.6 is 11.6 Å². The van der Waals surface area contributed by atoms with E-state index in [-0.39, 0.29) is 52.0 Å². The zero-order chi connectivity index (χ0) is 26.0. The van der Waals surface area contributed by atoms with Crippen molar-refractivity contribution in [1.29, 1.82) is 0 Å². The molecule has 1 amide bonds. The van der Waals surface area contributed by atoms with E-state index >= 15 is 4.39 Å². The molecule has 2 aliphatic rings. The van der Waals surface area contributed by atoms with Gasteiger partial charge < -0.3 is 19.5 Å². The Morgan fingerprint density at radius 2 is 2.05 bits per heavy atom. The number of piperazine rings is 1. The molecule has 1 fully saturated rings. The van der Waals surface area contributed by atoms with Crippen LogP contribution in [0.1, 0.15) is 12.5 Å². The molecule has 0 radical (unpaired) electrons. The molecule has 6 rings (SSSR count). The third kappa shape index (κ3) is 3.41. The molecule has 2 aromatic heterocycles. The third-order valence-electron chi connectivity index (χ3n) is 7.29. The van der Waals surface area contributed by atoms with E-state index in [9.17, 15) is 9.59 Å². The maximum Gasteiger partial charge on any atom is 0.256 e. The molecule has 0 bridgehead atoms. The van der Waals surface area contributed by atoms with E-state index in [1.165, 1.54) is 12.4 Å². The Morgan fingerprint density at radius 1 is 1.24 bits per heavy atom. The number of anilines is 1. The highest BCUT2D eigenvalue weighted by molar-refractivity contribution is 6.37. The molecule has 2 aliphatic heterocycles. The quantitative estimate of drug-likeness (QED) is 0.399. The number of rotatable bonds is 2. The molecule has 8 nitrogen and oxygen atoms in total. The van der Waals surface area contributed by atoms with Crippen LogP contribution in [0.25, 0.3) is 32.8 Å². The normalized spacial score (nSPS) is 18.9. The van der Waals surface area contributed by atoms with Crippen molar-refractivity contribution in [3.05, 3.63) is 70.1 Å². The number of halogens is 2. The molecule has 4 aromatic rings. The number of H-pyrrole nitrogens is 1. The van der Waals surface area contributed by atoms with Gasteiger partial charge in [0.1, 0.15) is 24.3 Å². The number of ether oxygens (including phenoxy) is 1. The van der Waals surface area contributed by atoms with Gasteiger partial charge in [-0.1, -0.05) is 30.3 Å². The molecular formula is C27H23ClFN5O3. The lowest BCUT2D eigenvalue weighted by Crippen LogP contribution is -2.60. The minimum atomic E-state index is -0.651. The van der Waals surface area contributed by atoms with Crippen molar-refractivity contribution in [3.8, 4) is 16.9 Å². The van der Waals surface area contributed by atoms with Gasteiger partial charge in [-0.3, -0.25) is 9.59 Å². The second kappa shape index (κ2) is 8.55. The standard InChI is InChI=1S/C27H23ClFN5O3/c1-4-17(35)33-10-16-11-37-25-21-24(31-12-32-26(21)34(16)9-14(33)3)23(29)20(22(25)28)18-13(2)5-6-15-7-8-30-27(36)19(15)18/h4-8,12,14,16H,1,9-11H2,2-3H3,(H,30,36)/t14-,16+/m1/s1. The van der Waals surface area contributed by atoms with Crippen LogP contribution in [0.15, 0.2) is 48.2 Å². The number of carbonyl (C=O) groups excluding carboxylic acids is 1. The Balaban J connectivity index is 1.61. The zero-order valence-electron chi connectivity index (χ0n) is 20.2. The van der Waals surface area contributed by atoms with Gasteiger partial charge in [-0.15, -0.1) is 0 Å². The zero-order valence-corrected chi connectivity index (χ0v) is 21.0. The lowest BCUT2D eigenvalue weighted by molar-refractivity contribution is -0.129. The van der Waals surface area contributed by atoms with E-state index < -0.39 is 5.82 Å². The van der Waals surface area contributed by atoms with Gasteiger partial charge in [-0.25, -0.2) is 14.4 Å². The van der Waals surface area contributed by atoms with E-state index in [1.54, 1.807) is 24.1 Å². The number of fused-ring (bicyclic) bond motifs is 3. The summed E-state index contributed by atoms with van der Waals surface area (Å²) in [6.45, 7) is 8.41. The molecule has 0 aliphatic carbocycles. The van der Waals surface area contributed by atoms with Crippen LogP contribution in [0, 0.1) is 12.7 Å². The van der Waals surface area contributed by atoms with Gasteiger partial charge in [0.15, 0.2) is 11.6 Å². The molecular weight excluding hydrogens is 497 g/mol. The lowest BCUT2D eigenvalue weighted by Gasteiger charge is -2.44. The summed E-state index contributed by atoms with van der Waals surface area (Å²) in [6.07, 6.45) is 4.17. The van der Waals surface area contributed by atoms with E-state index in [4.69, 9.17) is 16.3 Å². The van der Waals surface area contributed by atoms with Gasteiger partial charge in [-0.05, 0) is 36.9 Å². The van der Waals surface area contributed by atoms with Crippen LogP contribution in [0.2, 0.25) is 5.02 Å². The summed E-state index contributed by atoms with van der Waals surface area (Å²) in [7, 11) is 0. The van der Waals surface area contributed by atoms with Gasteiger partial charge in [-0.2, -0.15) is 0 Å². The molecule has 0 unspecified atom stereocenters. The molecule has 2 atom stereocenters. The summed E-state index contributed by atoms with van der Waals surface area (Å²) in [6, 6.07) is 5.03. The number of benzene rings is 2. The van der Waals surface area contributed by atoms with E-state index in [1.807, 2.05) is 24.0 Å². The lowest BCUT2D eigenvalue weighted by atomic mass is 9.93. The molecule has 1 N–H and O–H groups in total. The monoisotopic (exact) mass is 519 g/mol. The van der Waals surface area contributed by atoms with Crippen LogP contribution in [-0.4, -0.2) is 57.5 Å². The molecule has 0 saturated carbocycles. The Morgan fingerprint density at radius 3 is 2.84 bits per heavy atom. The largest absolute Gasteiger partial charge is 0.489 e. The summed E-state index contributed by atoms with van der Waals surface area (Å²) in [4.78, 5) is 40.5. The predicted octanol–water partition coefficient (Wildman–Crippen LogP) is 4.22. The summed E-state index contributed by atoms with van der Waals surface area (Å²) in [5.41, 5.74) is 0.845. The Kier molecular flexibility index (Phi) is 5.41. The Labute approximate surface area is 216 Å². The van der Waals surface area contributed by atoms with Crippen LogP contribution in [-0.2, 0) is 4.79 Å². The highest BCUT2D eigenvalue weighted by Gasteiger charge is 2.39. The predicted molar refractivity (Wildman–Crippen MR) is 141 cm³/mol. The highest BCUT2D eigenvalue weighted by atomic mass is 35.5. The molecule has 188 valence electrons. The summed E-state index contributed by atoms with van der Waals surface area (Å²) >= 11 is 6.93. The van der Waals surface area contributed by atoms with Gasteiger partial charge in [0.05, 0.1) is 21.8 Å². The molecule has 1 saturated heterocycles. The maximum atomic E-state index is 16.4. The van der Waals surface area contributed by atoms with E-state index in [0.29, 0.717) is 46.2 Å². The SMILES string of the molecule is C=CC(=O)N1C[C@H]2COc3c(Cl)c(-c4c(C)ccc5cc[nH]c(=O)c45)c(F)c4ncnc(c34)N2C[C@H]1C. The Hall–Kier alpha value is -3.98. The van der Waals surface area contributed by atoms with Gasteiger partial charge in [0.2, 0.25) is 5.91 Å². The third-order valence-corrected chi connectivity index (χ3v) is 7.65. The fourth-order valence-electron chi connectivity index (χ4n) is 5.51. The van der Waals surface area contributed by atoms with Crippen molar-refractivity contribution in [1.82, 2.24) is 19.9 Å². The van der Waals surface area contributed by atoms with Crippen molar-refractivity contribution < 1.29 is 13.9 Å². The number of aryl methyl sites for hydroxylation is 1. The fraction of sp³-hybridized carbons (Fsp3) is 0.259. The number of aromatic nitrogens is 3. The van der Waals surface area contributed by atoms with Gasteiger partial charge >= 0.3 is 0 Å². The topological polar surface area (TPSA) is 91.4 Å². The smallest absolute Gasteiger partial charge is 0.256 e. The number of amides is 1. The minimum Gasteiger partial charge on any atom is -0.489 e. The van der Waals surface area contributed by atoms with Crippen LogP contribution in [0.4, 0.5) is 10.2 Å². The van der Waals surface area contributed by atoms with Crippen LogP contribution in [0.3, 0.4) is 0 Å². The molecule has 0 spiro atoms. The number of carbonyl (C=O) groups is 1. The van der Waals surface area contributed by atoms with Crippen molar-refractivity contribution in [2.45, 2.75) is 25.9 Å². The molecule has 2 aromatic carbocycles. The Bertz CT molecular complexity index is 1690. The first-order valence-corrected chi connectivity index (χ1v) is 12.3. The fourth-order valence-corrected chi connectivity index (χ4v) is 5.84. The number of nitrogens with zero attached hydrogens (tertiary/aromatic N) is 4. The average molecular weight is 520 g/mol. The number of aromatic amines is 1. The summed E-state index contributed by atoms with van der Waals surface area (Å²) in [5, 5.41) is 1.42. The van der Waals surface area contributed by atoms with E-state index in [2.05, 4.69) is 21.5 Å². The van der Waals surface area contributed by atoms with Crippen molar-refractivity contribution in [2.24, 2.45) is 0 Å². The van der Waals surface area contributed by atoms with Crippen molar-refractivity contribution in [2.75, 3.05) is 24.6 Å². The first kappa shape index (κ1) is 23.4. The summed E-state index contributed by atoms with van der Waals surface area (Å²) in [5.74, 6) is -0.0532. The van der Waals surface area contributed by atoms with Crippen molar-refractivity contribution >= 4 is 45.0 Å². The van der Waals surface area contributed by atoms with Crippen LogP contribution in [0.5, 0.6) is 5.75 Å². The van der Waals surface area contributed by atoms with Crippen molar-refractivity contribution in [3.63, 3.8) is 0 Å². The van der Waals surface area contributed by atoms with Gasteiger partial charge in [0.25, 0.3) is 5.56 Å². The first-order valence-electron chi connectivity index (χ1n) is 11.9. The first-order chi connectivity index (χ1) is 17.8. The minimum absolute atomic E-state index is 0.0480. The molecule has 10 heteroatoms. The van der Waals surface area contributed by atoms with Crippen LogP contribution < -0.4 is 15.2 Å². The summed E-state index contributed by atoms with van der Waals surface area (Å²) < 4.78 is 22.6. The molecule has 37 heavy (non-hydrogen) atoms. The number of hydrogen-bond donors (Lipinski definition) is 1. The number of hydrogen-bond acceptors (Lipinski definition) is 6. The number of pyridine rings is 1. The highest BCUT2D eigenvalue weighted by Crippen LogP contribution is 2.49. The van der Waals surface area contributed by atoms with E-state index in [0.717, 1.165) is 0 Å². The second-order valence-corrected chi connectivity index (χ2v) is 9.82. The second-order valence-electron chi connectivity index (χ2n) is 9.44. The maximum absolute atomic E-state index is 16.4. The molecule has 4 heterocycles. The van der Waals surface area contributed by atoms with Gasteiger partial charge in [0, 0.05) is 36.5 Å². The number of nitrogens with one attached hydrogen (secondary N) is 1.